The Balaban J connectivity index is 0.000000371. The number of aliphatic hydroxyl groups excluding tert-OH is 2. The van der Waals surface area contributed by atoms with Gasteiger partial charge in [-0.3, -0.25) is 24.0 Å². The fourth-order valence-electron chi connectivity index (χ4n) is 19.4. The van der Waals surface area contributed by atoms with Gasteiger partial charge in [-0.05, 0) is 156 Å². The van der Waals surface area contributed by atoms with Gasteiger partial charge in [-0.2, -0.15) is 10.5 Å². The number of carbonyl (C=O) groups excluding carboxylic acids is 6. The maximum absolute atomic E-state index is 14.7. The maximum atomic E-state index is 14.7. The van der Waals surface area contributed by atoms with Gasteiger partial charge in [0, 0.05) is 96.7 Å². The number of fused-ring (bicyclic) bond motifs is 1. The molecule has 0 radical (unpaired) electrons. The van der Waals surface area contributed by atoms with E-state index in [1.165, 1.54) is 28.1 Å². The van der Waals surface area contributed by atoms with E-state index in [0.29, 0.717) is 12.8 Å². The molecule has 0 saturated carbocycles. The van der Waals surface area contributed by atoms with Crippen LogP contribution < -0.4 is 0 Å². The molecule has 7 heterocycles. The van der Waals surface area contributed by atoms with Crippen molar-refractivity contribution in [2.45, 2.75) is 391 Å². The van der Waals surface area contributed by atoms with Crippen molar-refractivity contribution in [2.24, 2.45) is 47.3 Å². The highest BCUT2D eigenvalue weighted by molar-refractivity contribution is 5.82. The molecule has 0 aromatic rings. The summed E-state index contributed by atoms with van der Waals surface area (Å²) in [5.74, 6) is -8.00. The largest absolute Gasteiger partial charge is 0.509 e. The van der Waals surface area contributed by atoms with E-state index < -0.39 is 216 Å². The molecule has 2 unspecified atom stereocenters. The van der Waals surface area contributed by atoms with E-state index in [1.807, 2.05) is 128 Å². The van der Waals surface area contributed by atoms with Crippen molar-refractivity contribution in [3.63, 3.8) is 0 Å². The number of hydrogen-bond acceptors (Lipinski definition) is 32. The summed E-state index contributed by atoms with van der Waals surface area (Å²) >= 11 is 0. The Morgan fingerprint density at radius 3 is 1.32 bits per heavy atom. The zero-order chi connectivity index (χ0) is 89.7. The van der Waals surface area contributed by atoms with Gasteiger partial charge in [0.2, 0.25) is 0 Å². The first kappa shape index (κ1) is 103. The standard InChI is InChI=1S/C45H74N2O15.C42H74N2O13/c1-16-33-45(11)37(61-42(51)62-45)24(2)20-32(49)25(3)22-43(9,52-14)38(60-41-36(57-30(8)48)31(47(12)13)21-26(4)55-41)27(5)35(28(6)40(50)58-33)59-34-23-44(10,53-15)39(29(7)56-34)54-19-17-18-46;1-15-31-42(10,49)35(47)23(2)19-30(45)24(3)21-40(8,50-13)36(57-39-33(46)29(44(11)12)20-25(4)53-39)26(5)34(27(6)38(48)55-31)56-32-22-41(9,51-14)37(28(7)54-32)52-18-16-17-43/h24-29,31,33-39,41H,16-17,19-23H2,1-15H3;23-29,31-37,39,46-47,49H,15-16,18-22H2,1-14H3/t24-,25+,26+,27-,28+,29-,31-,33+,34-,35-,36+,37+,38+,39?,41-,43+,44+,45+;23-,24+,25+,26-,27+,28-,29-,31+,32-,33+,34-,35+,36+,37?,39-,40+,41+,42+/m00/s1. The van der Waals surface area contributed by atoms with E-state index in [2.05, 4.69) is 12.1 Å². The van der Waals surface area contributed by atoms with E-state index in [1.54, 1.807) is 55.8 Å². The maximum Gasteiger partial charge on any atom is 0.509 e. The lowest BCUT2D eigenvalue weighted by atomic mass is 9.76. The minimum absolute atomic E-state index is 0.0322. The second-order valence-electron chi connectivity index (χ2n) is 36.7. The van der Waals surface area contributed by atoms with Crippen molar-refractivity contribution >= 4 is 35.6 Å². The summed E-state index contributed by atoms with van der Waals surface area (Å²) in [6.45, 7) is 37.5. The quantitative estimate of drug-likeness (QED) is 0.0487. The van der Waals surface area contributed by atoms with Crippen molar-refractivity contribution < 1.29 is 134 Å². The molecule has 7 fully saturated rings. The zero-order valence-electron chi connectivity index (χ0n) is 76.6. The van der Waals surface area contributed by atoms with Crippen molar-refractivity contribution in [3.8, 4) is 12.1 Å². The van der Waals surface area contributed by atoms with Crippen LogP contribution in [0.3, 0.4) is 0 Å². The molecule has 0 aromatic carbocycles. The van der Waals surface area contributed by atoms with Gasteiger partial charge in [-0.1, -0.05) is 55.4 Å². The van der Waals surface area contributed by atoms with E-state index in [9.17, 15) is 49.3 Å². The Bertz CT molecular complexity index is 3360. The highest BCUT2D eigenvalue weighted by atomic mass is 16.8. The number of rotatable bonds is 23. The molecule has 7 saturated heterocycles. The van der Waals surface area contributed by atoms with E-state index in [4.69, 9.17) is 95.3 Å². The number of ketones is 2. The number of cyclic esters (lactones) is 2. The summed E-state index contributed by atoms with van der Waals surface area (Å²) in [4.78, 5) is 86.6. The first-order chi connectivity index (χ1) is 55.5. The average molecular weight is 1700 g/mol. The van der Waals surface area contributed by atoms with Crippen LogP contribution in [-0.4, -0.2) is 299 Å². The first-order valence-electron chi connectivity index (χ1n) is 42.9. The van der Waals surface area contributed by atoms with Gasteiger partial charge in [0.05, 0.1) is 133 Å². The second-order valence-corrected chi connectivity index (χ2v) is 36.7. The Labute approximate surface area is 707 Å². The third-order valence-corrected chi connectivity index (χ3v) is 26.6. The number of hydrogen-bond donors (Lipinski definition) is 3. The lowest BCUT2D eigenvalue weighted by Crippen LogP contribution is -2.61. The Morgan fingerprint density at radius 2 is 0.916 bits per heavy atom. The van der Waals surface area contributed by atoms with Gasteiger partial charge in [0.1, 0.15) is 47.7 Å². The van der Waals surface area contributed by atoms with Crippen molar-refractivity contribution in [1.82, 2.24) is 9.80 Å². The molecule has 3 N–H and O–H groups in total. The van der Waals surface area contributed by atoms with Gasteiger partial charge in [-0.15, -0.1) is 0 Å². The van der Waals surface area contributed by atoms with Gasteiger partial charge < -0.3 is 115 Å². The van der Waals surface area contributed by atoms with Crippen molar-refractivity contribution in [1.29, 1.82) is 10.5 Å². The van der Waals surface area contributed by atoms with Crippen LogP contribution in [0, 0.1) is 70.0 Å². The van der Waals surface area contributed by atoms with E-state index >= 15 is 0 Å². The fourth-order valence-corrected chi connectivity index (χ4v) is 19.4. The molecule has 119 heavy (non-hydrogen) atoms. The number of aliphatic hydroxyl groups is 3. The van der Waals surface area contributed by atoms with E-state index in [0.717, 1.165) is 0 Å². The van der Waals surface area contributed by atoms with Crippen LogP contribution in [0.4, 0.5) is 4.79 Å². The molecule has 7 aliphatic heterocycles. The topological polar surface area (TPSA) is 393 Å². The molecule has 32 heteroatoms. The zero-order valence-corrected chi connectivity index (χ0v) is 76.6. The Kier molecular flexibility index (Phi) is 38.0. The lowest BCUT2D eigenvalue weighted by Gasteiger charge is -2.50. The summed E-state index contributed by atoms with van der Waals surface area (Å²) in [5, 5.41) is 53.1. The molecule has 0 aromatic heterocycles. The molecule has 0 amide bonds. The molecular weight excluding hydrogens is 1550 g/mol. The average Bonchev–Trinajstić information content (AvgIpc) is 1.74. The third-order valence-electron chi connectivity index (χ3n) is 26.6. The minimum atomic E-state index is -1.89. The minimum Gasteiger partial charge on any atom is -0.459 e. The van der Waals surface area contributed by atoms with Crippen molar-refractivity contribution in [2.75, 3.05) is 69.8 Å². The van der Waals surface area contributed by atoms with Crippen LogP contribution in [0.25, 0.3) is 0 Å². The molecule has 7 rings (SSSR count). The first-order valence-corrected chi connectivity index (χ1v) is 42.9. The van der Waals surface area contributed by atoms with Gasteiger partial charge in [0.25, 0.3) is 0 Å². The number of Topliss-reactive ketones (excluding diaryl/α,β-unsaturated/α-hetero) is 2. The number of esters is 3. The number of likely N-dealkylation sites (N-methyl/N-ethyl adjacent to an activating group) is 2. The summed E-state index contributed by atoms with van der Waals surface area (Å²) in [6.07, 6.45) is -15.4. The smallest absolute Gasteiger partial charge is 0.459 e. The highest BCUT2D eigenvalue weighted by Crippen LogP contribution is 2.47. The van der Waals surface area contributed by atoms with Gasteiger partial charge in [0.15, 0.2) is 43.0 Å². The van der Waals surface area contributed by atoms with E-state index in [-0.39, 0.29) is 113 Å². The number of nitriles is 2. The Morgan fingerprint density at radius 1 is 0.521 bits per heavy atom. The molecule has 0 spiro atoms. The summed E-state index contributed by atoms with van der Waals surface area (Å²) in [6, 6.07) is 3.62. The molecule has 0 bridgehead atoms. The van der Waals surface area contributed by atoms with Gasteiger partial charge in [-0.25, -0.2) is 4.79 Å². The number of ether oxygens (including phenoxy) is 19. The van der Waals surface area contributed by atoms with Crippen molar-refractivity contribution in [3.05, 3.63) is 0 Å². The summed E-state index contributed by atoms with van der Waals surface area (Å²) < 4.78 is 120. The number of nitrogens with zero attached hydrogens (tertiary/aromatic N) is 4. The van der Waals surface area contributed by atoms with Gasteiger partial charge >= 0.3 is 24.1 Å². The molecular formula is C87H148N4O28. The SMILES string of the molecule is CC[C@H]1OC(=O)[C@H](C)[C@@H](O[C@H]2C[C@@](C)(OC)C(OCCC#N)[C@H](C)O2)[C@H](C)[C@@H](O[C@@H]2O[C@H](C)C[C@H](N(C)C)[C@H]2O)[C@](C)(OC)C[C@@H](C)C(=O)C[C@H](C)[C@@H](O)[C@]1(C)O.CC[C@H]1OC(=O)[C@H](C)[C@@H](O[C@H]2C[C@@](C)(OC)C(OCCC#N)[C@H](C)O2)[C@H](C)[C@@H](O[C@@H]2O[C@H](C)C[C@H](N(C)C)[C@H]2OC(C)=O)[C@](C)(OC)C[C@@H](C)C(=O)C[C@H](C)[C@H]2OC(=O)O[C@@]21C. The van der Waals surface area contributed by atoms with Crippen LogP contribution in [0.5, 0.6) is 0 Å². The number of carbonyl (C=O) groups is 6. The highest BCUT2D eigenvalue weighted by Gasteiger charge is 2.61. The summed E-state index contributed by atoms with van der Waals surface area (Å²) in [7, 11) is 13.8. The second kappa shape index (κ2) is 43.9. The van der Waals surface area contributed by atoms with Crippen LogP contribution in [-0.2, 0) is 114 Å². The van der Waals surface area contributed by atoms with Crippen LogP contribution in [0.1, 0.15) is 222 Å². The molecule has 684 valence electrons. The molecule has 36 atom stereocenters. The van der Waals surface area contributed by atoms with Crippen LogP contribution >= 0.6 is 0 Å². The predicted octanol–water partition coefficient (Wildman–Crippen LogP) is 9.29. The van der Waals surface area contributed by atoms with Crippen LogP contribution in [0.2, 0.25) is 0 Å². The lowest BCUT2D eigenvalue weighted by molar-refractivity contribution is -0.322. The predicted molar refractivity (Wildman–Crippen MR) is 432 cm³/mol. The fraction of sp³-hybridized carbons (Fsp3) is 0.908. The number of methoxy groups -OCH3 is 4. The third kappa shape index (κ3) is 24.7. The summed E-state index contributed by atoms with van der Waals surface area (Å²) in [5.41, 5.74) is -7.62. The molecule has 0 aliphatic carbocycles. The van der Waals surface area contributed by atoms with Crippen LogP contribution in [0.15, 0.2) is 0 Å². The Hall–Kier alpha value is -4.76. The molecule has 32 nitrogen and oxygen atoms in total. The molecule has 7 aliphatic rings. The monoisotopic (exact) mass is 1700 g/mol. The normalized spacial score (nSPS) is 44.7.